The molecule has 0 saturated carbocycles. The summed E-state index contributed by atoms with van der Waals surface area (Å²) in [6.45, 7) is 4.08. The minimum Gasteiger partial charge on any atom is -0.379 e. The van der Waals surface area contributed by atoms with E-state index in [0.29, 0.717) is 11.3 Å². The van der Waals surface area contributed by atoms with Gasteiger partial charge in [0.25, 0.3) is 5.69 Å². The van der Waals surface area contributed by atoms with Crippen molar-refractivity contribution in [1.82, 2.24) is 4.90 Å². The number of ether oxygens (including phenoxy) is 1. The molecule has 1 N–H and O–H groups in total. The standard InChI is InChI=1S/C19H21N3O4/c23-19(13-16-5-1-2-7-18(16)22(24)25)20-17-6-3-4-15(12-17)14-21-8-10-26-11-9-21/h1-7,12H,8-11,13-14H2,(H,20,23). The second kappa shape index (κ2) is 8.55. The van der Waals surface area contributed by atoms with Crippen LogP contribution >= 0.6 is 0 Å². The average Bonchev–Trinajstić information content (AvgIpc) is 2.63. The van der Waals surface area contributed by atoms with Gasteiger partial charge in [-0.1, -0.05) is 30.3 Å². The molecule has 0 atom stereocenters. The molecule has 1 saturated heterocycles. The molecular weight excluding hydrogens is 334 g/mol. The minimum absolute atomic E-state index is 0.0369. The monoisotopic (exact) mass is 355 g/mol. The van der Waals surface area contributed by atoms with Crippen LogP contribution in [0.5, 0.6) is 0 Å². The number of morpholine rings is 1. The fraction of sp³-hybridized carbons (Fsp3) is 0.316. The minimum atomic E-state index is -0.467. The Bertz CT molecular complexity index is 788. The Hall–Kier alpha value is -2.77. The summed E-state index contributed by atoms with van der Waals surface area (Å²) < 4.78 is 5.35. The molecule has 1 amide bonds. The number of hydrogen-bond donors (Lipinski definition) is 1. The van der Waals surface area contributed by atoms with Gasteiger partial charge in [-0.3, -0.25) is 19.8 Å². The molecular formula is C19H21N3O4. The number of para-hydroxylation sites is 1. The Morgan fingerprint density at radius 1 is 1.15 bits per heavy atom. The van der Waals surface area contributed by atoms with E-state index in [4.69, 9.17) is 4.74 Å². The van der Waals surface area contributed by atoms with Crippen LogP contribution in [0.2, 0.25) is 0 Å². The van der Waals surface area contributed by atoms with Gasteiger partial charge in [-0.25, -0.2) is 0 Å². The molecule has 1 heterocycles. The number of nitro groups is 1. The summed E-state index contributed by atoms with van der Waals surface area (Å²) in [5.74, 6) is -0.275. The van der Waals surface area contributed by atoms with Crippen LogP contribution in [0.3, 0.4) is 0 Å². The van der Waals surface area contributed by atoms with Crippen molar-refractivity contribution in [2.24, 2.45) is 0 Å². The van der Waals surface area contributed by atoms with Gasteiger partial charge in [0.15, 0.2) is 0 Å². The number of anilines is 1. The van der Waals surface area contributed by atoms with Gasteiger partial charge in [0, 0.05) is 37.0 Å². The molecule has 0 aliphatic carbocycles. The van der Waals surface area contributed by atoms with E-state index in [2.05, 4.69) is 10.2 Å². The van der Waals surface area contributed by atoms with Crippen molar-refractivity contribution >= 4 is 17.3 Å². The maximum absolute atomic E-state index is 12.3. The summed E-state index contributed by atoms with van der Waals surface area (Å²) in [5.41, 5.74) is 2.16. The lowest BCUT2D eigenvalue weighted by Crippen LogP contribution is -2.35. The summed E-state index contributed by atoms with van der Waals surface area (Å²) in [4.78, 5) is 25.2. The predicted molar refractivity (Wildman–Crippen MR) is 98.0 cm³/mol. The van der Waals surface area contributed by atoms with Gasteiger partial charge in [-0.05, 0) is 17.7 Å². The van der Waals surface area contributed by atoms with E-state index in [1.54, 1.807) is 18.2 Å². The van der Waals surface area contributed by atoms with Crippen molar-refractivity contribution in [1.29, 1.82) is 0 Å². The normalized spacial score (nSPS) is 14.8. The van der Waals surface area contributed by atoms with Crippen LogP contribution in [0.15, 0.2) is 48.5 Å². The number of carbonyl (C=O) groups is 1. The molecule has 2 aromatic rings. The quantitative estimate of drug-likeness (QED) is 0.636. The van der Waals surface area contributed by atoms with Gasteiger partial charge in [0.2, 0.25) is 5.91 Å². The highest BCUT2D eigenvalue weighted by molar-refractivity contribution is 5.92. The van der Waals surface area contributed by atoms with E-state index in [0.717, 1.165) is 38.4 Å². The van der Waals surface area contributed by atoms with Crippen LogP contribution < -0.4 is 5.32 Å². The maximum Gasteiger partial charge on any atom is 0.273 e. The zero-order valence-electron chi connectivity index (χ0n) is 14.4. The first-order chi connectivity index (χ1) is 12.6. The van der Waals surface area contributed by atoms with Crippen molar-refractivity contribution in [2.45, 2.75) is 13.0 Å². The number of rotatable bonds is 6. The zero-order valence-corrected chi connectivity index (χ0v) is 14.4. The molecule has 7 nitrogen and oxygen atoms in total. The van der Waals surface area contributed by atoms with Crippen LogP contribution in [0.4, 0.5) is 11.4 Å². The lowest BCUT2D eigenvalue weighted by Gasteiger charge is -2.26. The smallest absolute Gasteiger partial charge is 0.273 e. The fourth-order valence-electron chi connectivity index (χ4n) is 2.98. The van der Waals surface area contributed by atoms with Crippen molar-refractivity contribution in [3.63, 3.8) is 0 Å². The molecule has 0 spiro atoms. The van der Waals surface area contributed by atoms with Crippen LogP contribution in [0, 0.1) is 10.1 Å². The van der Waals surface area contributed by atoms with E-state index < -0.39 is 4.92 Å². The number of nitrogens with one attached hydrogen (secondary N) is 1. The molecule has 26 heavy (non-hydrogen) atoms. The molecule has 1 aliphatic heterocycles. The average molecular weight is 355 g/mol. The first-order valence-corrected chi connectivity index (χ1v) is 8.53. The first kappa shape index (κ1) is 18.0. The number of amides is 1. The van der Waals surface area contributed by atoms with Crippen LogP contribution in [-0.2, 0) is 22.5 Å². The van der Waals surface area contributed by atoms with Crippen LogP contribution in [0.25, 0.3) is 0 Å². The topological polar surface area (TPSA) is 84.7 Å². The van der Waals surface area contributed by atoms with Gasteiger partial charge < -0.3 is 10.1 Å². The second-order valence-electron chi connectivity index (χ2n) is 6.20. The summed E-state index contributed by atoms with van der Waals surface area (Å²) in [6.07, 6.45) is -0.0369. The zero-order chi connectivity index (χ0) is 18.4. The highest BCUT2D eigenvalue weighted by Crippen LogP contribution is 2.19. The molecule has 1 fully saturated rings. The van der Waals surface area contributed by atoms with Gasteiger partial charge >= 0.3 is 0 Å². The maximum atomic E-state index is 12.3. The second-order valence-corrected chi connectivity index (χ2v) is 6.20. The fourth-order valence-corrected chi connectivity index (χ4v) is 2.98. The van der Waals surface area contributed by atoms with E-state index in [1.165, 1.54) is 6.07 Å². The van der Waals surface area contributed by atoms with Crippen LogP contribution in [-0.4, -0.2) is 42.0 Å². The molecule has 3 rings (SSSR count). The Morgan fingerprint density at radius 2 is 1.92 bits per heavy atom. The molecule has 136 valence electrons. The van der Waals surface area contributed by atoms with Gasteiger partial charge in [0.1, 0.15) is 0 Å². The third kappa shape index (κ3) is 4.87. The van der Waals surface area contributed by atoms with Crippen LogP contribution in [0.1, 0.15) is 11.1 Å². The van der Waals surface area contributed by atoms with Crippen molar-refractivity contribution < 1.29 is 14.5 Å². The predicted octanol–water partition coefficient (Wildman–Crippen LogP) is 2.61. The van der Waals surface area contributed by atoms with E-state index in [1.807, 2.05) is 24.3 Å². The summed E-state index contributed by atoms with van der Waals surface area (Å²) in [5, 5.41) is 13.9. The largest absolute Gasteiger partial charge is 0.379 e. The van der Waals surface area contributed by atoms with Crippen molar-refractivity contribution in [3.05, 3.63) is 69.8 Å². The highest BCUT2D eigenvalue weighted by atomic mass is 16.6. The Kier molecular flexibility index (Phi) is 5.93. The SMILES string of the molecule is O=C(Cc1ccccc1[N+](=O)[O-])Nc1cccc(CN2CCOCC2)c1. The molecule has 0 radical (unpaired) electrons. The molecule has 0 bridgehead atoms. The lowest BCUT2D eigenvalue weighted by atomic mass is 10.1. The van der Waals surface area contributed by atoms with E-state index in [9.17, 15) is 14.9 Å². The summed E-state index contributed by atoms with van der Waals surface area (Å²) in [7, 11) is 0. The van der Waals surface area contributed by atoms with Crippen molar-refractivity contribution in [2.75, 3.05) is 31.6 Å². The number of nitro benzene ring substituents is 1. The molecule has 7 heteroatoms. The van der Waals surface area contributed by atoms with Crippen molar-refractivity contribution in [3.8, 4) is 0 Å². The Labute approximate surface area is 151 Å². The molecule has 0 aromatic heterocycles. The van der Waals surface area contributed by atoms with E-state index in [-0.39, 0.29) is 18.0 Å². The number of benzene rings is 2. The molecule has 2 aromatic carbocycles. The third-order valence-electron chi connectivity index (χ3n) is 4.26. The van der Waals surface area contributed by atoms with Gasteiger partial charge in [-0.15, -0.1) is 0 Å². The Morgan fingerprint density at radius 3 is 2.69 bits per heavy atom. The number of nitrogens with zero attached hydrogens (tertiary/aromatic N) is 2. The van der Waals surface area contributed by atoms with Gasteiger partial charge in [-0.2, -0.15) is 0 Å². The number of hydrogen-bond acceptors (Lipinski definition) is 5. The molecule has 0 unspecified atom stereocenters. The Balaban J connectivity index is 1.62. The van der Waals surface area contributed by atoms with E-state index >= 15 is 0 Å². The molecule has 1 aliphatic rings. The van der Waals surface area contributed by atoms with Gasteiger partial charge in [0.05, 0.1) is 24.6 Å². The number of carbonyl (C=O) groups excluding carboxylic acids is 1. The summed E-state index contributed by atoms with van der Waals surface area (Å²) >= 11 is 0. The third-order valence-corrected chi connectivity index (χ3v) is 4.26. The lowest BCUT2D eigenvalue weighted by molar-refractivity contribution is -0.385. The first-order valence-electron chi connectivity index (χ1n) is 8.53. The highest BCUT2D eigenvalue weighted by Gasteiger charge is 2.16. The summed E-state index contributed by atoms with van der Waals surface area (Å²) in [6, 6.07) is 14.0.